The maximum atomic E-state index is 13.9. The van der Waals surface area contributed by atoms with Gasteiger partial charge in [0.25, 0.3) is 0 Å². The topological polar surface area (TPSA) is 105 Å². The number of benzene rings is 3. The fraction of sp³-hybridized carbons (Fsp3) is 0.406. The minimum Gasteiger partial charge on any atom is -0.444 e. The van der Waals surface area contributed by atoms with Crippen LogP contribution in [0, 0.1) is 5.92 Å². The summed E-state index contributed by atoms with van der Waals surface area (Å²) in [6.07, 6.45) is 1.08. The molecule has 3 aromatic carbocycles. The number of hydrogen-bond acceptors (Lipinski definition) is 5. The van der Waals surface area contributed by atoms with Crippen molar-refractivity contribution < 1.29 is 19.1 Å². The molecule has 2 aliphatic heterocycles. The standard InChI is InChI=1S/C32H38N4O4/c1-32(2,3)40-31(39)35-14-12-23(13-15-35)29(37)34-28(17-21-8-9-22-6-4-5-7-24(22)16-21)30(38)36-19-25-10-11-27(33)18-26(25)20-36/h4-11,16,18,23,28H,12-15,17,19-20,33H2,1-3H3,(H,34,37). The predicted molar refractivity (Wildman–Crippen MR) is 155 cm³/mol. The van der Waals surface area contributed by atoms with E-state index in [2.05, 4.69) is 23.5 Å². The highest BCUT2D eigenvalue weighted by Gasteiger charge is 2.34. The smallest absolute Gasteiger partial charge is 0.410 e. The molecule has 1 atom stereocenters. The molecule has 210 valence electrons. The number of anilines is 1. The molecule has 0 bridgehead atoms. The molecule has 0 saturated carbocycles. The highest BCUT2D eigenvalue weighted by Crippen LogP contribution is 2.27. The highest BCUT2D eigenvalue weighted by atomic mass is 16.6. The van der Waals surface area contributed by atoms with E-state index in [4.69, 9.17) is 10.5 Å². The molecular formula is C32H38N4O4. The molecule has 3 aromatic rings. The molecule has 0 aliphatic carbocycles. The van der Waals surface area contributed by atoms with E-state index in [0.717, 1.165) is 27.5 Å². The number of carbonyl (C=O) groups excluding carboxylic acids is 3. The second kappa shape index (κ2) is 11.2. The SMILES string of the molecule is CC(C)(C)OC(=O)N1CCC(C(=O)NC(Cc2ccc3ccccc3c2)C(=O)N2Cc3ccc(N)cc3C2)CC1. The van der Waals surface area contributed by atoms with Gasteiger partial charge in [-0.1, -0.05) is 48.5 Å². The van der Waals surface area contributed by atoms with Crippen LogP contribution in [0.1, 0.15) is 50.3 Å². The Labute approximate surface area is 235 Å². The molecule has 1 fully saturated rings. The van der Waals surface area contributed by atoms with Crippen LogP contribution in [0.25, 0.3) is 10.8 Å². The third kappa shape index (κ3) is 6.38. The largest absolute Gasteiger partial charge is 0.444 e. The summed E-state index contributed by atoms with van der Waals surface area (Å²) in [5.41, 5.74) is 9.18. The molecule has 2 heterocycles. The lowest BCUT2D eigenvalue weighted by molar-refractivity contribution is -0.138. The van der Waals surface area contributed by atoms with Crippen LogP contribution in [0.2, 0.25) is 0 Å². The molecule has 5 rings (SSSR count). The summed E-state index contributed by atoms with van der Waals surface area (Å²) < 4.78 is 5.49. The van der Waals surface area contributed by atoms with Crippen molar-refractivity contribution in [2.24, 2.45) is 5.92 Å². The normalized spacial score (nSPS) is 16.5. The number of hydrogen-bond donors (Lipinski definition) is 2. The number of nitrogens with zero attached hydrogens (tertiary/aromatic N) is 2. The molecule has 0 spiro atoms. The lowest BCUT2D eigenvalue weighted by atomic mass is 9.94. The quantitative estimate of drug-likeness (QED) is 0.457. The molecular weight excluding hydrogens is 504 g/mol. The van der Waals surface area contributed by atoms with Crippen LogP contribution in [-0.4, -0.2) is 52.4 Å². The van der Waals surface area contributed by atoms with Crippen LogP contribution in [0.3, 0.4) is 0 Å². The summed E-state index contributed by atoms with van der Waals surface area (Å²) in [6, 6.07) is 19.3. The zero-order chi connectivity index (χ0) is 28.4. The Balaban J connectivity index is 1.29. The first-order chi connectivity index (χ1) is 19.1. The second-order valence-electron chi connectivity index (χ2n) is 11.9. The van der Waals surface area contributed by atoms with Gasteiger partial charge in [-0.15, -0.1) is 0 Å². The molecule has 0 radical (unpaired) electrons. The fourth-order valence-electron chi connectivity index (χ4n) is 5.53. The van der Waals surface area contributed by atoms with Crippen molar-refractivity contribution in [2.75, 3.05) is 18.8 Å². The van der Waals surface area contributed by atoms with E-state index in [-0.39, 0.29) is 23.8 Å². The van der Waals surface area contributed by atoms with Gasteiger partial charge < -0.3 is 25.6 Å². The average molecular weight is 543 g/mol. The van der Waals surface area contributed by atoms with Gasteiger partial charge in [0.15, 0.2) is 0 Å². The van der Waals surface area contributed by atoms with Crippen molar-refractivity contribution in [3.8, 4) is 0 Å². The summed E-state index contributed by atoms with van der Waals surface area (Å²) in [6.45, 7) is 7.37. The van der Waals surface area contributed by atoms with Crippen molar-refractivity contribution in [3.63, 3.8) is 0 Å². The molecule has 40 heavy (non-hydrogen) atoms. The molecule has 8 nitrogen and oxygen atoms in total. The maximum Gasteiger partial charge on any atom is 0.410 e. The Morgan fingerprint density at radius 3 is 2.35 bits per heavy atom. The number of amides is 3. The van der Waals surface area contributed by atoms with E-state index >= 15 is 0 Å². The Hall–Kier alpha value is -4.07. The number of ether oxygens (including phenoxy) is 1. The monoisotopic (exact) mass is 542 g/mol. The van der Waals surface area contributed by atoms with Gasteiger partial charge >= 0.3 is 6.09 Å². The van der Waals surface area contributed by atoms with E-state index in [1.807, 2.05) is 63.2 Å². The van der Waals surface area contributed by atoms with Crippen molar-refractivity contribution >= 4 is 34.4 Å². The minimum absolute atomic E-state index is 0.109. The van der Waals surface area contributed by atoms with Crippen LogP contribution in [-0.2, 0) is 33.8 Å². The number of rotatable bonds is 5. The molecule has 3 N–H and O–H groups in total. The summed E-state index contributed by atoms with van der Waals surface area (Å²) in [5, 5.41) is 5.31. The number of carbonyl (C=O) groups is 3. The zero-order valence-corrected chi connectivity index (χ0v) is 23.5. The summed E-state index contributed by atoms with van der Waals surface area (Å²) >= 11 is 0. The second-order valence-corrected chi connectivity index (χ2v) is 11.9. The van der Waals surface area contributed by atoms with Gasteiger partial charge in [0.05, 0.1) is 0 Å². The first-order valence-electron chi connectivity index (χ1n) is 14.0. The number of likely N-dealkylation sites (tertiary alicyclic amines) is 1. The number of fused-ring (bicyclic) bond motifs is 2. The van der Waals surface area contributed by atoms with E-state index in [9.17, 15) is 14.4 Å². The third-order valence-corrected chi connectivity index (χ3v) is 7.65. The van der Waals surface area contributed by atoms with Gasteiger partial charge in [0, 0.05) is 44.2 Å². The van der Waals surface area contributed by atoms with Crippen molar-refractivity contribution in [2.45, 2.75) is 64.8 Å². The van der Waals surface area contributed by atoms with Crippen molar-refractivity contribution in [1.29, 1.82) is 0 Å². The number of nitrogens with two attached hydrogens (primary N) is 1. The van der Waals surface area contributed by atoms with Crippen molar-refractivity contribution in [1.82, 2.24) is 15.1 Å². The minimum atomic E-state index is -0.704. The van der Waals surface area contributed by atoms with Crippen LogP contribution < -0.4 is 11.1 Å². The molecule has 3 amide bonds. The fourth-order valence-corrected chi connectivity index (χ4v) is 5.53. The van der Waals surface area contributed by atoms with Crippen LogP contribution >= 0.6 is 0 Å². The van der Waals surface area contributed by atoms with Crippen LogP contribution in [0.4, 0.5) is 10.5 Å². The van der Waals surface area contributed by atoms with Gasteiger partial charge in [0.1, 0.15) is 11.6 Å². The number of piperidine rings is 1. The molecule has 8 heteroatoms. The molecule has 1 unspecified atom stereocenters. The van der Waals surface area contributed by atoms with E-state index in [0.29, 0.717) is 51.1 Å². The van der Waals surface area contributed by atoms with Gasteiger partial charge in [-0.05, 0) is 73.2 Å². The number of nitrogens with one attached hydrogen (secondary N) is 1. The summed E-state index contributed by atoms with van der Waals surface area (Å²) in [5.74, 6) is -0.535. The lowest BCUT2D eigenvalue weighted by Crippen LogP contribution is -2.51. The Bertz CT molecular complexity index is 1420. The van der Waals surface area contributed by atoms with Gasteiger partial charge in [-0.3, -0.25) is 9.59 Å². The van der Waals surface area contributed by atoms with Gasteiger partial charge in [-0.2, -0.15) is 0 Å². The summed E-state index contributed by atoms with van der Waals surface area (Å²) in [7, 11) is 0. The highest BCUT2D eigenvalue weighted by molar-refractivity contribution is 5.90. The van der Waals surface area contributed by atoms with E-state index < -0.39 is 11.6 Å². The Morgan fingerprint density at radius 1 is 0.925 bits per heavy atom. The first kappa shape index (κ1) is 27.5. The number of nitrogen functional groups attached to an aromatic ring is 1. The third-order valence-electron chi connectivity index (χ3n) is 7.65. The van der Waals surface area contributed by atoms with Crippen molar-refractivity contribution in [3.05, 3.63) is 77.4 Å². The predicted octanol–water partition coefficient (Wildman–Crippen LogP) is 4.64. The van der Waals surface area contributed by atoms with Crippen LogP contribution in [0.15, 0.2) is 60.7 Å². The van der Waals surface area contributed by atoms with E-state index in [1.54, 1.807) is 9.80 Å². The molecule has 0 aromatic heterocycles. The Kier molecular flexibility index (Phi) is 7.70. The Morgan fingerprint density at radius 2 is 1.62 bits per heavy atom. The summed E-state index contributed by atoms with van der Waals surface area (Å²) in [4.78, 5) is 43.2. The molecule has 2 aliphatic rings. The van der Waals surface area contributed by atoms with Gasteiger partial charge in [-0.25, -0.2) is 4.79 Å². The lowest BCUT2D eigenvalue weighted by Gasteiger charge is -2.33. The van der Waals surface area contributed by atoms with Gasteiger partial charge in [0.2, 0.25) is 11.8 Å². The molecule has 1 saturated heterocycles. The first-order valence-corrected chi connectivity index (χ1v) is 14.0. The van der Waals surface area contributed by atoms with Crippen LogP contribution in [0.5, 0.6) is 0 Å². The van der Waals surface area contributed by atoms with E-state index in [1.165, 1.54) is 0 Å². The average Bonchev–Trinajstić information content (AvgIpc) is 3.34. The maximum absolute atomic E-state index is 13.9. The zero-order valence-electron chi connectivity index (χ0n) is 23.5.